The van der Waals surface area contributed by atoms with Gasteiger partial charge >= 0.3 is 0 Å². The van der Waals surface area contributed by atoms with Crippen LogP contribution in [0, 0.1) is 0 Å². The summed E-state index contributed by atoms with van der Waals surface area (Å²) in [5.41, 5.74) is 7.04. The van der Waals surface area contributed by atoms with Crippen molar-refractivity contribution in [3.8, 4) is 0 Å². The zero-order chi connectivity index (χ0) is 11.3. The fourth-order valence-electron chi connectivity index (χ4n) is 1.48. The van der Waals surface area contributed by atoms with Gasteiger partial charge in [0.15, 0.2) is 0 Å². The number of nitrogens with zero attached hydrogens (tertiary/aromatic N) is 2. The van der Waals surface area contributed by atoms with Crippen LogP contribution >= 0.6 is 0 Å². The smallest absolute Gasteiger partial charge is 0.0625 e. The summed E-state index contributed by atoms with van der Waals surface area (Å²) in [6, 6.07) is 2.92. The number of nitrogens with two attached hydrogens (primary N) is 1. The molecule has 1 heterocycles. The van der Waals surface area contributed by atoms with E-state index in [0.717, 1.165) is 25.7 Å². The van der Waals surface area contributed by atoms with Crippen molar-refractivity contribution < 1.29 is 0 Å². The molecule has 0 fully saturated rings. The normalized spacial score (nSPS) is 15.2. The summed E-state index contributed by atoms with van der Waals surface area (Å²) in [7, 11) is 0. The fourth-order valence-corrected chi connectivity index (χ4v) is 1.48. The molecule has 15 heavy (non-hydrogen) atoms. The first-order valence-electron chi connectivity index (χ1n) is 5.97. The van der Waals surface area contributed by atoms with Crippen LogP contribution in [0.5, 0.6) is 0 Å². The van der Waals surface area contributed by atoms with Gasteiger partial charge in [0, 0.05) is 18.3 Å². The zero-order valence-electron chi connectivity index (χ0n) is 10.1. The molecule has 0 spiro atoms. The summed E-state index contributed by atoms with van der Waals surface area (Å²) in [6.07, 6.45) is 6.27. The van der Waals surface area contributed by atoms with Crippen LogP contribution < -0.4 is 5.73 Å². The third kappa shape index (κ3) is 3.67. The highest BCUT2D eigenvalue weighted by atomic mass is 15.3. The van der Waals surface area contributed by atoms with E-state index in [1.165, 1.54) is 5.69 Å². The molecule has 0 amide bonds. The van der Waals surface area contributed by atoms with Gasteiger partial charge in [-0.1, -0.05) is 13.8 Å². The quantitative estimate of drug-likeness (QED) is 0.782. The predicted octanol–water partition coefficient (Wildman–Crippen LogP) is 2.52. The minimum atomic E-state index is 0.318. The Morgan fingerprint density at radius 1 is 1.40 bits per heavy atom. The van der Waals surface area contributed by atoms with Gasteiger partial charge in [0.1, 0.15) is 0 Å². The lowest BCUT2D eigenvalue weighted by atomic mass is 10.1. The maximum absolute atomic E-state index is 5.88. The van der Waals surface area contributed by atoms with Gasteiger partial charge in [-0.2, -0.15) is 5.10 Å². The van der Waals surface area contributed by atoms with Gasteiger partial charge in [-0.15, -0.1) is 0 Å². The number of rotatable bonds is 6. The van der Waals surface area contributed by atoms with Crippen molar-refractivity contribution in [1.29, 1.82) is 0 Å². The molecule has 3 nitrogen and oxygen atoms in total. The Hall–Kier alpha value is -0.830. The molecule has 2 atom stereocenters. The lowest BCUT2D eigenvalue weighted by molar-refractivity contribution is 0.471. The van der Waals surface area contributed by atoms with Gasteiger partial charge in [0.25, 0.3) is 0 Å². The minimum Gasteiger partial charge on any atom is -0.328 e. The standard InChI is InChI=1S/C12H23N3/c1-4-10(3)15-9-8-12(14-15)7-6-11(13)5-2/h8-11H,4-7,13H2,1-3H3. The molecular weight excluding hydrogens is 186 g/mol. The molecule has 0 radical (unpaired) electrons. The maximum Gasteiger partial charge on any atom is 0.0625 e. The highest BCUT2D eigenvalue weighted by molar-refractivity contribution is 5.00. The molecule has 86 valence electrons. The van der Waals surface area contributed by atoms with Crippen molar-refractivity contribution in [2.45, 2.75) is 58.5 Å². The molecule has 1 rings (SSSR count). The summed E-state index contributed by atoms with van der Waals surface area (Å²) in [5.74, 6) is 0. The molecule has 3 heteroatoms. The van der Waals surface area contributed by atoms with E-state index in [0.29, 0.717) is 12.1 Å². The van der Waals surface area contributed by atoms with Gasteiger partial charge < -0.3 is 5.73 Å². The highest BCUT2D eigenvalue weighted by Crippen LogP contribution is 2.10. The van der Waals surface area contributed by atoms with Gasteiger partial charge in [-0.05, 0) is 38.7 Å². The van der Waals surface area contributed by atoms with E-state index >= 15 is 0 Å². The molecule has 0 aliphatic carbocycles. The van der Waals surface area contributed by atoms with Crippen molar-refractivity contribution in [3.05, 3.63) is 18.0 Å². The Morgan fingerprint density at radius 3 is 2.73 bits per heavy atom. The van der Waals surface area contributed by atoms with Crippen LogP contribution in [0.2, 0.25) is 0 Å². The number of hydrogen-bond donors (Lipinski definition) is 1. The van der Waals surface area contributed by atoms with Crippen molar-refractivity contribution in [3.63, 3.8) is 0 Å². The van der Waals surface area contributed by atoms with Crippen LogP contribution in [-0.2, 0) is 6.42 Å². The second-order valence-corrected chi connectivity index (χ2v) is 4.25. The van der Waals surface area contributed by atoms with Crippen LogP contribution in [0.25, 0.3) is 0 Å². The average Bonchev–Trinajstić information content (AvgIpc) is 2.73. The number of aryl methyl sites for hydroxylation is 1. The number of hydrogen-bond acceptors (Lipinski definition) is 2. The first kappa shape index (κ1) is 12.2. The fraction of sp³-hybridized carbons (Fsp3) is 0.750. The van der Waals surface area contributed by atoms with Crippen LogP contribution in [0.4, 0.5) is 0 Å². The third-order valence-corrected chi connectivity index (χ3v) is 3.00. The summed E-state index contributed by atoms with van der Waals surface area (Å²) < 4.78 is 2.05. The molecule has 2 N–H and O–H groups in total. The number of aromatic nitrogens is 2. The Kier molecular flexibility index (Phi) is 4.82. The van der Waals surface area contributed by atoms with Gasteiger partial charge in [0.05, 0.1) is 5.69 Å². The van der Waals surface area contributed by atoms with Crippen LogP contribution in [0.3, 0.4) is 0 Å². The molecular formula is C12H23N3. The molecule has 0 saturated heterocycles. The van der Waals surface area contributed by atoms with E-state index < -0.39 is 0 Å². The van der Waals surface area contributed by atoms with Crippen molar-refractivity contribution in [1.82, 2.24) is 9.78 Å². The van der Waals surface area contributed by atoms with Crippen molar-refractivity contribution >= 4 is 0 Å². The Bertz CT molecular complexity index is 280. The average molecular weight is 209 g/mol. The molecule has 0 aliphatic rings. The molecule has 2 unspecified atom stereocenters. The van der Waals surface area contributed by atoms with Gasteiger partial charge in [-0.25, -0.2) is 0 Å². The Morgan fingerprint density at radius 2 is 2.13 bits per heavy atom. The Labute approximate surface area is 92.7 Å². The molecule has 0 aliphatic heterocycles. The second-order valence-electron chi connectivity index (χ2n) is 4.25. The van der Waals surface area contributed by atoms with Gasteiger partial charge in [0.2, 0.25) is 0 Å². The minimum absolute atomic E-state index is 0.318. The van der Waals surface area contributed by atoms with Crippen LogP contribution in [0.1, 0.15) is 51.8 Å². The lowest BCUT2D eigenvalue weighted by Crippen LogP contribution is -2.19. The second kappa shape index (κ2) is 5.91. The summed E-state index contributed by atoms with van der Waals surface area (Å²) in [6.45, 7) is 6.50. The topological polar surface area (TPSA) is 43.8 Å². The monoisotopic (exact) mass is 209 g/mol. The van der Waals surface area contributed by atoms with E-state index in [4.69, 9.17) is 5.73 Å². The summed E-state index contributed by atoms with van der Waals surface area (Å²) in [5, 5.41) is 4.55. The van der Waals surface area contributed by atoms with Crippen LogP contribution in [-0.4, -0.2) is 15.8 Å². The zero-order valence-corrected chi connectivity index (χ0v) is 10.1. The van der Waals surface area contributed by atoms with Crippen LogP contribution in [0.15, 0.2) is 12.3 Å². The summed E-state index contributed by atoms with van der Waals surface area (Å²) >= 11 is 0. The molecule has 0 aromatic carbocycles. The maximum atomic E-state index is 5.88. The Balaban J connectivity index is 2.46. The van der Waals surface area contributed by atoms with Gasteiger partial charge in [-0.3, -0.25) is 4.68 Å². The SMILES string of the molecule is CCC(N)CCc1ccn(C(C)CC)n1. The van der Waals surface area contributed by atoms with Crippen molar-refractivity contribution in [2.75, 3.05) is 0 Å². The third-order valence-electron chi connectivity index (χ3n) is 3.00. The largest absolute Gasteiger partial charge is 0.328 e. The molecule has 1 aromatic heterocycles. The highest BCUT2D eigenvalue weighted by Gasteiger charge is 2.06. The molecule has 0 bridgehead atoms. The first-order chi connectivity index (χ1) is 7.17. The van der Waals surface area contributed by atoms with E-state index in [1.54, 1.807) is 0 Å². The lowest BCUT2D eigenvalue weighted by Gasteiger charge is -2.09. The van der Waals surface area contributed by atoms with E-state index in [-0.39, 0.29) is 0 Å². The van der Waals surface area contributed by atoms with E-state index in [2.05, 4.69) is 38.1 Å². The van der Waals surface area contributed by atoms with Crippen molar-refractivity contribution in [2.24, 2.45) is 5.73 Å². The van der Waals surface area contributed by atoms with E-state index in [9.17, 15) is 0 Å². The molecule has 1 aromatic rings. The predicted molar refractivity (Wildman–Crippen MR) is 63.8 cm³/mol. The summed E-state index contributed by atoms with van der Waals surface area (Å²) in [4.78, 5) is 0. The first-order valence-corrected chi connectivity index (χ1v) is 5.97. The molecule has 0 saturated carbocycles. The van der Waals surface area contributed by atoms with E-state index in [1.807, 2.05) is 4.68 Å².